The lowest BCUT2D eigenvalue weighted by Gasteiger charge is -2.32. The van der Waals surface area contributed by atoms with E-state index in [0.717, 1.165) is 5.69 Å². The van der Waals surface area contributed by atoms with E-state index >= 15 is 0 Å². The quantitative estimate of drug-likeness (QED) is 0.698. The van der Waals surface area contributed by atoms with Crippen molar-refractivity contribution < 1.29 is 14.3 Å². The first-order chi connectivity index (χ1) is 9.94. The van der Waals surface area contributed by atoms with Crippen molar-refractivity contribution in [3.8, 4) is 0 Å². The van der Waals surface area contributed by atoms with Gasteiger partial charge < -0.3 is 25.8 Å². The molecule has 0 aliphatic carbocycles. The molecule has 1 amide bonds. The summed E-state index contributed by atoms with van der Waals surface area (Å²) in [6, 6.07) is 7.09. The van der Waals surface area contributed by atoms with E-state index in [-0.39, 0.29) is 5.91 Å². The van der Waals surface area contributed by atoms with Gasteiger partial charge in [0.05, 0.1) is 0 Å². The zero-order chi connectivity index (χ0) is 15.9. The molecule has 0 heterocycles. The molecule has 0 fully saturated rings. The van der Waals surface area contributed by atoms with Gasteiger partial charge in [0.25, 0.3) is 0 Å². The number of carbonyl (C=O) groups excluding carboxylic acids is 1. The average molecular weight is 295 g/mol. The van der Waals surface area contributed by atoms with Gasteiger partial charge >= 0.3 is 0 Å². The van der Waals surface area contributed by atoms with Crippen LogP contribution in [-0.4, -0.2) is 45.9 Å². The third kappa shape index (κ3) is 4.70. The summed E-state index contributed by atoms with van der Waals surface area (Å²) < 4.78 is 10.1. The number of benzene rings is 1. The van der Waals surface area contributed by atoms with Gasteiger partial charge in [-0.25, -0.2) is 0 Å². The summed E-state index contributed by atoms with van der Waals surface area (Å²) >= 11 is 0. The van der Waals surface area contributed by atoms with E-state index in [0.29, 0.717) is 31.7 Å². The maximum atomic E-state index is 12.7. The van der Waals surface area contributed by atoms with Crippen LogP contribution in [0, 0.1) is 0 Å². The molecule has 1 aromatic rings. The highest BCUT2D eigenvalue weighted by Gasteiger charge is 2.36. The average Bonchev–Trinajstić information content (AvgIpc) is 2.50. The van der Waals surface area contributed by atoms with Crippen LogP contribution in [0.25, 0.3) is 0 Å². The summed E-state index contributed by atoms with van der Waals surface area (Å²) in [5.41, 5.74) is 12.4. The highest BCUT2D eigenvalue weighted by Crippen LogP contribution is 2.21. The van der Waals surface area contributed by atoms with E-state index in [1.54, 1.807) is 50.4 Å². The molecule has 6 nitrogen and oxygen atoms in total. The molecule has 0 aliphatic heterocycles. The predicted octanol–water partition coefficient (Wildman–Crippen LogP) is 1.00. The summed E-state index contributed by atoms with van der Waals surface area (Å²) in [6.07, 6.45) is 0.871. The van der Waals surface area contributed by atoms with Gasteiger partial charge in [0, 0.05) is 45.9 Å². The number of ether oxygens (including phenoxy) is 2. The Kier molecular flexibility index (Phi) is 6.61. The molecule has 0 aliphatic rings. The Morgan fingerprint density at radius 1 is 1.14 bits per heavy atom. The second-order valence-electron chi connectivity index (χ2n) is 5.10. The lowest BCUT2D eigenvalue weighted by Crippen LogP contribution is -2.55. The number of nitrogens with two attached hydrogens (primary N) is 2. The minimum Gasteiger partial charge on any atom is -0.399 e. The first-order valence-corrected chi connectivity index (χ1v) is 6.85. The molecule has 0 saturated carbocycles. The number of hydrogen-bond acceptors (Lipinski definition) is 5. The second-order valence-corrected chi connectivity index (χ2v) is 5.10. The summed E-state index contributed by atoms with van der Waals surface area (Å²) in [5.74, 6) is -0.165. The summed E-state index contributed by atoms with van der Waals surface area (Å²) in [5, 5.41) is 0. The Bertz CT molecular complexity index is 440. The smallest absolute Gasteiger partial charge is 0.246 e. The van der Waals surface area contributed by atoms with Gasteiger partial charge in [-0.2, -0.15) is 0 Å². The minimum atomic E-state index is -1.01. The molecule has 118 valence electrons. The standard InChI is InChI=1S/C15H25N3O3/c1-18(13-6-4-12(16)5-7-13)14(19)15(17,8-10-20-2)9-11-21-3/h4-7H,8-11,16-17H2,1-3H3. The fourth-order valence-corrected chi connectivity index (χ4v) is 2.06. The maximum Gasteiger partial charge on any atom is 0.246 e. The van der Waals surface area contributed by atoms with E-state index in [1.165, 1.54) is 0 Å². The first-order valence-electron chi connectivity index (χ1n) is 6.85. The normalized spacial score (nSPS) is 11.4. The van der Waals surface area contributed by atoms with Crippen molar-refractivity contribution in [3.63, 3.8) is 0 Å². The van der Waals surface area contributed by atoms with Crippen LogP contribution in [0.3, 0.4) is 0 Å². The van der Waals surface area contributed by atoms with Crippen LogP contribution in [0.15, 0.2) is 24.3 Å². The third-order valence-electron chi connectivity index (χ3n) is 3.52. The van der Waals surface area contributed by atoms with E-state index in [2.05, 4.69) is 0 Å². The second kappa shape index (κ2) is 7.97. The van der Waals surface area contributed by atoms with E-state index in [4.69, 9.17) is 20.9 Å². The zero-order valence-corrected chi connectivity index (χ0v) is 13.0. The van der Waals surface area contributed by atoms with Gasteiger partial charge in [0.2, 0.25) is 5.91 Å². The summed E-state index contributed by atoms with van der Waals surface area (Å²) in [6.45, 7) is 0.836. The number of nitrogens with zero attached hydrogens (tertiary/aromatic N) is 1. The molecule has 1 rings (SSSR count). The molecule has 6 heteroatoms. The maximum absolute atomic E-state index is 12.7. The number of hydrogen-bond donors (Lipinski definition) is 2. The summed E-state index contributed by atoms with van der Waals surface area (Å²) in [4.78, 5) is 14.3. The molecule has 0 bridgehead atoms. The van der Waals surface area contributed by atoms with Crippen molar-refractivity contribution in [2.45, 2.75) is 18.4 Å². The lowest BCUT2D eigenvalue weighted by molar-refractivity contribution is -0.124. The Hall–Kier alpha value is -1.63. The molecule has 4 N–H and O–H groups in total. The van der Waals surface area contributed by atoms with Crippen LogP contribution in [0.4, 0.5) is 11.4 Å². The van der Waals surface area contributed by atoms with Crippen molar-refractivity contribution >= 4 is 17.3 Å². The van der Waals surface area contributed by atoms with Gasteiger partial charge in [-0.1, -0.05) is 0 Å². The first kappa shape index (κ1) is 17.4. The van der Waals surface area contributed by atoms with Crippen molar-refractivity contribution in [2.75, 3.05) is 45.1 Å². The summed E-state index contributed by atoms with van der Waals surface area (Å²) in [7, 11) is 4.88. The van der Waals surface area contributed by atoms with Crippen molar-refractivity contribution in [2.24, 2.45) is 5.73 Å². The zero-order valence-electron chi connectivity index (χ0n) is 13.0. The molecule has 21 heavy (non-hydrogen) atoms. The largest absolute Gasteiger partial charge is 0.399 e. The molecule has 0 spiro atoms. The van der Waals surface area contributed by atoms with Crippen LogP contribution < -0.4 is 16.4 Å². The van der Waals surface area contributed by atoms with Crippen LogP contribution in [-0.2, 0) is 14.3 Å². The predicted molar refractivity (Wildman–Crippen MR) is 84.2 cm³/mol. The molecule has 1 aromatic carbocycles. The van der Waals surface area contributed by atoms with Crippen molar-refractivity contribution in [3.05, 3.63) is 24.3 Å². The van der Waals surface area contributed by atoms with Gasteiger partial charge in [0.1, 0.15) is 5.54 Å². The van der Waals surface area contributed by atoms with Crippen LogP contribution in [0.5, 0.6) is 0 Å². The van der Waals surface area contributed by atoms with Crippen LogP contribution in [0.1, 0.15) is 12.8 Å². The molecule has 0 atom stereocenters. The SMILES string of the molecule is COCCC(N)(CCOC)C(=O)N(C)c1ccc(N)cc1. The van der Waals surface area contributed by atoms with Crippen molar-refractivity contribution in [1.29, 1.82) is 0 Å². The molecule has 0 radical (unpaired) electrons. The lowest BCUT2D eigenvalue weighted by atomic mass is 9.91. The molecule has 0 unspecified atom stereocenters. The molecular formula is C15H25N3O3. The Labute approximate surface area is 126 Å². The van der Waals surface area contributed by atoms with Crippen LogP contribution >= 0.6 is 0 Å². The van der Waals surface area contributed by atoms with E-state index in [9.17, 15) is 4.79 Å². The fraction of sp³-hybridized carbons (Fsp3) is 0.533. The van der Waals surface area contributed by atoms with Gasteiger partial charge in [-0.15, -0.1) is 0 Å². The Morgan fingerprint density at radius 2 is 1.62 bits per heavy atom. The minimum absolute atomic E-state index is 0.165. The van der Waals surface area contributed by atoms with Crippen molar-refractivity contribution in [1.82, 2.24) is 0 Å². The number of likely N-dealkylation sites (N-methyl/N-ethyl adjacent to an activating group) is 1. The highest BCUT2D eigenvalue weighted by molar-refractivity contribution is 5.99. The third-order valence-corrected chi connectivity index (χ3v) is 3.52. The number of carbonyl (C=O) groups is 1. The van der Waals surface area contributed by atoms with Gasteiger partial charge in [-0.05, 0) is 37.1 Å². The van der Waals surface area contributed by atoms with Gasteiger partial charge in [-0.3, -0.25) is 4.79 Å². The van der Waals surface area contributed by atoms with Crippen LogP contribution in [0.2, 0.25) is 0 Å². The number of amides is 1. The molecular weight excluding hydrogens is 270 g/mol. The topological polar surface area (TPSA) is 90.8 Å². The number of nitrogen functional groups attached to an aromatic ring is 1. The number of anilines is 2. The molecule has 0 aromatic heterocycles. The number of methoxy groups -OCH3 is 2. The van der Waals surface area contributed by atoms with Gasteiger partial charge in [0.15, 0.2) is 0 Å². The monoisotopic (exact) mass is 295 g/mol. The Morgan fingerprint density at radius 3 is 2.05 bits per heavy atom. The fourth-order valence-electron chi connectivity index (χ4n) is 2.06. The van der Waals surface area contributed by atoms with E-state index in [1.807, 2.05) is 0 Å². The number of rotatable bonds is 8. The highest BCUT2D eigenvalue weighted by atomic mass is 16.5. The van der Waals surface area contributed by atoms with E-state index < -0.39 is 5.54 Å². The Balaban J connectivity index is 2.89. The molecule has 0 saturated heterocycles.